The molecular weight excluding hydrogens is 618 g/mol. The molecule has 5 rings (SSSR count). The van der Waals surface area contributed by atoms with E-state index in [-0.39, 0.29) is 30.3 Å². The van der Waals surface area contributed by atoms with Gasteiger partial charge in [0.15, 0.2) is 34.8 Å². The van der Waals surface area contributed by atoms with Crippen LogP contribution in [0.2, 0.25) is 0 Å². The largest absolute Gasteiger partial charge is 0.491 e. The Labute approximate surface area is 272 Å². The second kappa shape index (κ2) is 15.4. The lowest BCUT2D eigenvalue weighted by molar-refractivity contribution is -0.140. The standard InChI is InChI=1S/C38H40F6O3/c1-3-5-6-7-25-16-17-28(34(41)32(25)39)29-19-21-31(37(44)35(29)42)47-38(45)26-14-10-23(11-15-26)22-8-12-24(13-9-22)27-18-20-30(46-4-2)36(43)33(27)40/h3,5,16-24,26H,4,6-15H2,1-2H3. The third-order valence-corrected chi connectivity index (χ3v) is 9.89. The summed E-state index contributed by atoms with van der Waals surface area (Å²) >= 11 is 0. The Kier molecular flexibility index (Phi) is 11.4. The lowest BCUT2D eigenvalue weighted by Crippen LogP contribution is -2.30. The lowest BCUT2D eigenvalue weighted by Gasteiger charge is -2.37. The van der Waals surface area contributed by atoms with Crippen LogP contribution in [0.3, 0.4) is 0 Å². The maximum absolute atomic E-state index is 15.1. The molecule has 2 fully saturated rings. The third kappa shape index (κ3) is 7.54. The van der Waals surface area contributed by atoms with Gasteiger partial charge in [-0.1, -0.05) is 30.4 Å². The predicted molar refractivity (Wildman–Crippen MR) is 168 cm³/mol. The number of esters is 1. The van der Waals surface area contributed by atoms with E-state index in [0.717, 1.165) is 50.7 Å². The Bertz CT molecular complexity index is 1600. The van der Waals surface area contributed by atoms with Crippen molar-refractivity contribution in [3.8, 4) is 22.6 Å². The molecule has 2 aliphatic rings. The molecule has 0 N–H and O–H groups in total. The van der Waals surface area contributed by atoms with Gasteiger partial charge >= 0.3 is 5.97 Å². The number of hydrogen-bond acceptors (Lipinski definition) is 3. The number of hydrogen-bond donors (Lipinski definition) is 0. The van der Waals surface area contributed by atoms with Gasteiger partial charge in [-0.25, -0.2) is 17.6 Å². The summed E-state index contributed by atoms with van der Waals surface area (Å²) in [6, 6.07) is 7.83. The van der Waals surface area contributed by atoms with Crippen LogP contribution in [0.5, 0.6) is 11.5 Å². The highest BCUT2D eigenvalue weighted by molar-refractivity contribution is 5.76. The van der Waals surface area contributed by atoms with Gasteiger partial charge in [-0.05, 0) is 125 Å². The van der Waals surface area contributed by atoms with Crippen LogP contribution >= 0.6 is 0 Å². The van der Waals surface area contributed by atoms with Gasteiger partial charge in [-0.2, -0.15) is 8.78 Å². The summed E-state index contributed by atoms with van der Waals surface area (Å²) in [5.74, 6) is -8.12. The molecule has 3 aromatic carbocycles. The SMILES string of the molecule is CC=CCCc1ccc(-c2ccc(OC(=O)C3CCC(C4CCC(c5ccc(OCC)c(F)c5F)CC4)CC3)c(F)c2F)c(F)c1F. The van der Waals surface area contributed by atoms with Crippen molar-refractivity contribution in [2.75, 3.05) is 6.61 Å². The van der Waals surface area contributed by atoms with E-state index in [2.05, 4.69) is 0 Å². The van der Waals surface area contributed by atoms with Gasteiger partial charge in [0, 0.05) is 11.1 Å². The summed E-state index contributed by atoms with van der Waals surface area (Å²) in [6.45, 7) is 3.78. The molecule has 47 heavy (non-hydrogen) atoms. The number of ether oxygens (including phenoxy) is 2. The smallest absolute Gasteiger partial charge is 0.314 e. The molecule has 3 nitrogen and oxygen atoms in total. The van der Waals surface area contributed by atoms with E-state index in [1.54, 1.807) is 19.1 Å². The highest BCUT2D eigenvalue weighted by Crippen LogP contribution is 2.45. The molecular formula is C38H40F6O3. The molecule has 0 radical (unpaired) electrons. The third-order valence-electron chi connectivity index (χ3n) is 9.89. The van der Waals surface area contributed by atoms with E-state index >= 15 is 8.78 Å². The molecule has 0 heterocycles. The predicted octanol–water partition coefficient (Wildman–Crippen LogP) is 10.8. The Morgan fingerprint density at radius 1 is 0.702 bits per heavy atom. The first-order valence-electron chi connectivity index (χ1n) is 16.5. The zero-order chi connectivity index (χ0) is 33.7. The Balaban J connectivity index is 1.15. The van der Waals surface area contributed by atoms with Crippen molar-refractivity contribution in [1.82, 2.24) is 0 Å². The van der Waals surface area contributed by atoms with Crippen LogP contribution in [0.1, 0.15) is 88.7 Å². The van der Waals surface area contributed by atoms with Crippen LogP contribution in [-0.2, 0) is 11.2 Å². The number of allylic oxidation sites excluding steroid dienone is 2. The molecule has 0 bridgehead atoms. The molecule has 0 atom stereocenters. The van der Waals surface area contributed by atoms with Crippen LogP contribution in [0.15, 0.2) is 48.6 Å². The highest BCUT2D eigenvalue weighted by Gasteiger charge is 2.35. The van der Waals surface area contributed by atoms with Crippen LogP contribution < -0.4 is 9.47 Å². The number of aryl methyl sites for hydroxylation is 1. The molecule has 0 aromatic heterocycles. The number of carbonyl (C=O) groups is 1. The van der Waals surface area contributed by atoms with E-state index in [9.17, 15) is 22.4 Å². The quantitative estimate of drug-likeness (QED) is 0.0941. The van der Waals surface area contributed by atoms with Crippen molar-refractivity contribution in [2.45, 2.75) is 84.0 Å². The molecule has 2 aliphatic carbocycles. The van der Waals surface area contributed by atoms with Crippen molar-refractivity contribution < 1.29 is 40.6 Å². The Morgan fingerprint density at radius 3 is 1.91 bits per heavy atom. The average Bonchev–Trinajstić information content (AvgIpc) is 3.08. The average molecular weight is 659 g/mol. The number of benzene rings is 3. The van der Waals surface area contributed by atoms with Crippen molar-refractivity contribution in [3.63, 3.8) is 0 Å². The Hall–Kier alpha value is -3.75. The summed E-state index contributed by atoms with van der Waals surface area (Å²) in [5.41, 5.74) is -0.368. The molecule has 0 spiro atoms. The molecule has 0 saturated heterocycles. The van der Waals surface area contributed by atoms with Crippen molar-refractivity contribution in [3.05, 3.63) is 94.6 Å². The normalized spacial score (nSPS) is 21.6. The van der Waals surface area contributed by atoms with Crippen LogP contribution in [0, 0.1) is 52.7 Å². The minimum Gasteiger partial charge on any atom is -0.491 e. The molecule has 252 valence electrons. The number of carbonyl (C=O) groups excluding carboxylic acids is 1. The minimum absolute atomic E-state index is 0.0625. The zero-order valence-corrected chi connectivity index (χ0v) is 26.7. The monoisotopic (exact) mass is 658 g/mol. The Morgan fingerprint density at radius 2 is 1.28 bits per heavy atom. The van der Waals surface area contributed by atoms with E-state index in [1.165, 1.54) is 18.2 Å². The number of rotatable bonds is 10. The van der Waals surface area contributed by atoms with Gasteiger partial charge in [-0.3, -0.25) is 4.79 Å². The van der Waals surface area contributed by atoms with E-state index in [1.807, 2.05) is 13.0 Å². The second-order valence-electron chi connectivity index (χ2n) is 12.6. The molecule has 3 aromatic rings. The molecule has 9 heteroatoms. The summed E-state index contributed by atoms with van der Waals surface area (Å²) in [4.78, 5) is 12.9. The molecule has 2 saturated carbocycles. The number of halogens is 6. The second-order valence-corrected chi connectivity index (χ2v) is 12.6. The lowest BCUT2D eigenvalue weighted by atomic mass is 9.68. The van der Waals surface area contributed by atoms with Gasteiger partial charge in [0.25, 0.3) is 0 Å². The summed E-state index contributed by atoms with van der Waals surface area (Å²) < 4.78 is 99.2. The van der Waals surface area contributed by atoms with E-state index in [4.69, 9.17) is 9.47 Å². The van der Waals surface area contributed by atoms with E-state index in [0.29, 0.717) is 36.7 Å². The van der Waals surface area contributed by atoms with Gasteiger partial charge in [-0.15, -0.1) is 0 Å². The maximum atomic E-state index is 15.1. The first-order chi connectivity index (χ1) is 22.6. The van der Waals surface area contributed by atoms with Crippen LogP contribution in [0.25, 0.3) is 11.1 Å². The van der Waals surface area contributed by atoms with E-state index < -0.39 is 63.7 Å². The van der Waals surface area contributed by atoms with Gasteiger partial charge < -0.3 is 9.47 Å². The highest BCUT2D eigenvalue weighted by atomic mass is 19.2. The molecule has 0 unspecified atom stereocenters. The fourth-order valence-corrected chi connectivity index (χ4v) is 7.26. The van der Waals surface area contributed by atoms with Crippen molar-refractivity contribution in [1.29, 1.82) is 0 Å². The van der Waals surface area contributed by atoms with Gasteiger partial charge in [0.2, 0.25) is 11.6 Å². The molecule has 0 amide bonds. The van der Waals surface area contributed by atoms with Crippen LogP contribution in [0.4, 0.5) is 26.3 Å². The topological polar surface area (TPSA) is 35.5 Å². The van der Waals surface area contributed by atoms with Gasteiger partial charge in [0.1, 0.15) is 0 Å². The molecule has 0 aliphatic heterocycles. The minimum atomic E-state index is -1.44. The van der Waals surface area contributed by atoms with Gasteiger partial charge in [0.05, 0.1) is 12.5 Å². The zero-order valence-electron chi connectivity index (χ0n) is 26.7. The fourth-order valence-electron chi connectivity index (χ4n) is 7.26. The van der Waals surface area contributed by atoms with Crippen molar-refractivity contribution in [2.24, 2.45) is 17.8 Å². The summed E-state index contributed by atoms with van der Waals surface area (Å²) in [6.07, 6.45) is 10.2. The first kappa shape index (κ1) is 34.6. The fraction of sp³-hybridized carbons (Fsp3) is 0.447. The first-order valence-corrected chi connectivity index (χ1v) is 16.5. The van der Waals surface area contributed by atoms with Crippen LogP contribution in [-0.4, -0.2) is 12.6 Å². The summed E-state index contributed by atoms with van der Waals surface area (Å²) in [7, 11) is 0. The summed E-state index contributed by atoms with van der Waals surface area (Å²) in [5, 5.41) is 0. The maximum Gasteiger partial charge on any atom is 0.314 e. The van der Waals surface area contributed by atoms with Crippen molar-refractivity contribution >= 4 is 5.97 Å².